The molecule has 2 saturated heterocycles. The molecule has 2 fully saturated rings. The zero-order chi connectivity index (χ0) is 16.2. The molecule has 1 aromatic carbocycles. The Morgan fingerprint density at radius 1 is 1.22 bits per heavy atom. The van der Waals surface area contributed by atoms with Crippen molar-refractivity contribution in [1.82, 2.24) is 4.90 Å². The van der Waals surface area contributed by atoms with Gasteiger partial charge in [-0.15, -0.1) is 0 Å². The van der Waals surface area contributed by atoms with Crippen LogP contribution in [0.15, 0.2) is 24.3 Å². The Morgan fingerprint density at radius 2 is 1.91 bits per heavy atom. The number of hydrogen-bond donors (Lipinski definition) is 0. The number of benzene rings is 1. The van der Waals surface area contributed by atoms with Crippen LogP contribution >= 0.6 is 11.8 Å². The summed E-state index contributed by atoms with van der Waals surface area (Å²) >= 11 is 1.32. The average Bonchev–Trinajstić information content (AvgIpc) is 3.16. The number of nitrogens with zero attached hydrogens (tertiary/aromatic N) is 2. The minimum absolute atomic E-state index is 0.127. The van der Waals surface area contributed by atoms with Crippen molar-refractivity contribution in [1.29, 1.82) is 0 Å². The normalized spacial score (nSPS) is 22.0. The van der Waals surface area contributed by atoms with E-state index in [9.17, 15) is 9.59 Å². The summed E-state index contributed by atoms with van der Waals surface area (Å²) in [6.45, 7) is 5.71. The van der Waals surface area contributed by atoms with Crippen LogP contribution in [0.3, 0.4) is 0 Å². The molecule has 0 aromatic heterocycles. The molecule has 5 heteroatoms. The maximum Gasteiger partial charge on any atom is 0.227 e. The maximum atomic E-state index is 12.2. The van der Waals surface area contributed by atoms with Crippen LogP contribution in [0.2, 0.25) is 0 Å². The van der Waals surface area contributed by atoms with E-state index in [1.54, 1.807) is 6.92 Å². The lowest BCUT2D eigenvalue weighted by Gasteiger charge is -2.18. The lowest BCUT2D eigenvalue weighted by Crippen LogP contribution is -2.25. The molecule has 0 aliphatic carbocycles. The van der Waals surface area contributed by atoms with Gasteiger partial charge in [0, 0.05) is 37.9 Å². The molecule has 2 heterocycles. The Labute approximate surface area is 142 Å². The fourth-order valence-corrected chi connectivity index (χ4v) is 4.05. The number of carbonyl (C=O) groups is 2. The van der Waals surface area contributed by atoms with Crippen molar-refractivity contribution in [2.75, 3.05) is 30.3 Å². The summed E-state index contributed by atoms with van der Waals surface area (Å²) < 4.78 is 0. The fourth-order valence-electron chi connectivity index (χ4n) is 3.36. The molecule has 124 valence electrons. The van der Waals surface area contributed by atoms with Gasteiger partial charge in [0.05, 0.1) is 0 Å². The van der Waals surface area contributed by atoms with Gasteiger partial charge in [-0.3, -0.25) is 14.5 Å². The zero-order valence-electron chi connectivity index (χ0n) is 13.7. The third-order valence-corrected chi connectivity index (χ3v) is 5.62. The molecule has 23 heavy (non-hydrogen) atoms. The Kier molecular flexibility index (Phi) is 5.38. The van der Waals surface area contributed by atoms with Gasteiger partial charge >= 0.3 is 0 Å². The summed E-state index contributed by atoms with van der Waals surface area (Å²) in [6, 6.07) is 8.39. The summed E-state index contributed by atoms with van der Waals surface area (Å²) in [5.74, 6) is 1.19. The molecular formula is C18H24N2O2S. The standard InChI is InChI=1S/C18H24N2O2S/c1-14(21)23-13-16-10-18(22)20(12-16)17-6-4-15(5-7-17)11-19-8-2-3-9-19/h4-7,16H,2-3,8-13H2,1H3. The van der Waals surface area contributed by atoms with Gasteiger partial charge < -0.3 is 4.90 Å². The second-order valence-corrected chi connectivity index (χ2v) is 7.72. The first kappa shape index (κ1) is 16.5. The molecule has 1 atom stereocenters. The molecular weight excluding hydrogens is 308 g/mol. The molecule has 4 nitrogen and oxygen atoms in total. The molecule has 3 rings (SSSR count). The second kappa shape index (κ2) is 7.49. The van der Waals surface area contributed by atoms with Crippen LogP contribution in [0.5, 0.6) is 0 Å². The first-order valence-corrected chi connectivity index (χ1v) is 9.35. The molecule has 0 saturated carbocycles. The summed E-state index contributed by atoms with van der Waals surface area (Å²) in [5.41, 5.74) is 2.29. The van der Waals surface area contributed by atoms with Crippen molar-refractivity contribution < 1.29 is 9.59 Å². The first-order valence-electron chi connectivity index (χ1n) is 8.37. The summed E-state index contributed by atoms with van der Waals surface area (Å²) in [6.07, 6.45) is 3.16. The average molecular weight is 332 g/mol. The molecule has 0 N–H and O–H groups in total. The largest absolute Gasteiger partial charge is 0.312 e. The maximum absolute atomic E-state index is 12.2. The van der Waals surface area contributed by atoms with Crippen LogP contribution in [-0.2, 0) is 16.1 Å². The second-order valence-electron chi connectivity index (χ2n) is 6.53. The SMILES string of the molecule is CC(=O)SCC1CC(=O)N(c2ccc(CN3CCCC3)cc2)C1. The van der Waals surface area contributed by atoms with E-state index in [1.807, 2.05) is 4.90 Å². The van der Waals surface area contributed by atoms with Crippen LogP contribution in [0, 0.1) is 5.92 Å². The van der Waals surface area contributed by atoms with Crippen molar-refractivity contribution in [2.45, 2.75) is 32.7 Å². The highest BCUT2D eigenvalue weighted by Gasteiger charge is 2.30. The van der Waals surface area contributed by atoms with Gasteiger partial charge in [0.25, 0.3) is 0 Å². The summed E-state index contributed by atoms with van der Waals surface area (Å²) in [7, 11) is 0. The van der Waals surface area contributed by atoms with E-state index in [-0.39, 0.29) is 16.9 Å². The van der Waals surface area contributed by atoms with Gasteiger partial charge in [0.15, 0.2) is 5.12 Å². The van der Waals surface area contributed by atoms with Crippen LogP contribution in [0.25, 0.3) is 0 Å². The van der Waals surface area contributed by atoms with Gasteiger partial charge in [-0.05, 0) is 49.5 Å². The Morgan fingerprint density at radius 3 is 2.57 bits per heavy atom. The zero-order valence-corrected chi connectivity index (χ0v) is 14.5. The number of carbonyl (C=O) groups excluding carboxylic acids is 2. The van der Waals surface area contributed by atoms with Crippen molar-refractivity contribution >= 4 is 28.5 Å². The lowest BCUT2D eigenvalue weighted by molar-refractivity contribution is -0.117. The van der Waals surface area contributed by atoms with Crippen molar-refractivity contribution in [2.24, 2.45) is 5.92 Å². The van der Waals surface area contributed by atoms with Crippen LogP contribution in [0.4, 0.5) is 5.69 Å². The van der Waals surface area contributed by atoms with Gasteiger partial charge in [0.2, 0.25) is 5.91 Å². The van der Waals surface area contributed by atoms with Gasteiger partial charge in [-0.2, -0.15) is 0 Å². The van der Waals surface area contributed by atoms with E-state index in [2.05, 4.69) is 29.2 Å². The smallest absolute Gasteiger partial charge is 0.227 e. The van der Waals surface area contributed by atoms with Crippen molar-refractivity contribution in [3.05, 3.63) is 29.8 Å². The van der Waals surface area contributed by atoms with E-state index < -0.39 is 0 Å². The van der Waals surface area contributed by atoms with E-state index in [0.717, 1.165) is 24.5 Å². The minimum atomic E-state index is 0.127. The minimum Gasteiger partial charge on any atom is -0.312 e. The van der Waals surface area contributed by atoms with Crippen LogP contribution < -0.4 is 4.90 Å². The van der Waals surface area contributed by atoms with Gasteiger partial charge in [-0.1, -0.05) is 23.9 Å². The van der Waals surface area contributed by atoms with Crippen molar-refractivity contribution in [3.8, 4) is 0 Å². The topological polar surface area (TPSA) is 40.6 Å². The number of rotatable bonds is 5. The van der Waals surface area contributed by atoms with E-state index >= 15 is 0 Å². The molecule has 2 aliphatic heterocycles. The Bertz CT molecular complexity index is 567. The molecule has 1 amide bonds. The number of thioether (sulfide) groups is 1. The molecule has 2 aliphatic rings. The lowest BCUT2D eigenvalue weighted by atomic mass is 10.1. The highest BCUT2D eigenvalue weighted by molar-refractivity contribution is 8.13. The summed E-state index contributed by atoms with van der Waals surface area (Å²) in [4.78, 5) is 27.6. The highest BCUT2D eigenvalue weighted by atomic mass is 32.2. The van der Waals surface area contributed by atoms with Crippen LogP contribution in [0.1, 0.15) is 31.7 Å². The van der Waals surface area contributed by atoms with Crippen LogP contribution in [-0.4, -0.2) is 41.3 Å². The number of anilines is 1. The molecule has 0 radical (unpaired) electrons. The molecule has 0 spiro atoms. The van der Waals surface area contributed by atoms with Gasteiger partial charge in [0.1, 0.15) is 0 Å². The third kappa shape index (κ3) is 4.36. The quantitative estimate of drug-likeness (QED) is 0.831. The number of hydrogen-bond acceptors (Lipinski definition) is 4. The molecule has 1 unspecified atom stereocenters. The van der Waals surface area contributed by atoms with E-state index in [1.165, 1.54) is 43.3 Å². The summed E-state index contributed by atoms with van der Waals surface area (Å²) in [5, 5.41) is 0.127. The predicted octanol–water partition coefficient (Wildman–Crippen LogP) is 2.92. The number of likely N-dealkylation sites (tertiary alicyclic amines) is 1. The number of amides is 1. The Hall–Kier alpha value is -1.33. The van der Waals surface area contributed by atoms with E-state index in [0.29, 0.717) is 6.42 Å². The Balaban J connectivity index is 1.58. The molecule has 0 bridgehead atoms. The third-order valence-electron chi connectivity index (χ3n) is 4.58. The monoisotopic (exact) mass is 332 g/mol. The van der Waals surface area contributed by atoms with Gasteiger partial charge in [-0.25, -0.2) is 0 Å². The van der Waals surface area contributed by atoms with E-state index in [4.69, 9.17) is 0 Å². The predicted molar refractivity (Wildman–Crippen MR) is 94.6 cm³/mol. The van der Waals surface area contributed by atoms with Crippen molar-refractivity contribution in [3.63, 3.8) is 0 Å². The highest BCUT2D eigenvalue weighted by Crippen LogP contribution is 2.28. The first-order chi connectivity index (χ1) is 11.1. The fraction of sp³-hybridized carbons (Fsp3) is 0.556. The molecule has 1 aromatic rings.